The van der Waals surface area contributed by atoms with Crippen LogP contribution in [0.4, 0.5) is 0 Å². The standard InChI is InChI=1S/C20H20ClN3O6S/c1-12(2)23-31(27,28)17-8-13(4-6-16(17)29-3)20(26)30-11-15-9-19(25)24-10-14(21)5-7-18(24)22-15/h4-10,12,23H,11H2,1-3H3. The second-order valence-corrected chi connectivity index (χ2v) is 9.00. The highest BCUT2D eigenvalue weighted by Crippen LogP contribution is 2.25. The van der Waals surface area contributed by atoms with Crippen molar-refractivity contribution in [2.45, 2.75) is 31.4 Å². The van der Waals surface area contributed by atoms with Crippen LogP contribution in [-0.2, 0) is 21.4 Å². The molecule has 0 radical (unpaired) electrons. The van der Waals surface area contributed by atoms with Crippen LogP contribution in [0.3, 0.4) is 0 Å². The molecule has 3 aromatic rings. The van der Waals surface area contributed by atoms with Crippen LogP contribution in [0.25, 0.3) is 5.65 Å². The van der Waals surface area contributed by atoms with Crippen LogP contribution < -0.4 is 15.0 Å². The van der Waals surface area contributed by atoms with Gasteiger partial charge in [0.15, 0.2) is 0 Å². The summed E-state index contributed by atoms with van der Waals surface area (Å²) < 4.78 is 39.2. The fourth-order valence-electron chi connectivity index (χ4n) is 2.81. The molecule has 11 heteroatoms. The van der Waals surface area contributed by atoms with Crippen LogP contribution >= 0.6 is 11.6 Å². The van der Waals surface area contributed by atoms with Crippen molar-refractivity contribution in [1.29, 1.82) is 0 Å². The van der Waals surface area contributed by atoms with Gasteiger partial charge in [-0.25, -0.2) is 22.9 Å². The molecule has 2 aromatic heterocycles. The van der Waals surface area contributed by atoms with Crippen molar-refractivity contribution in [3.8, 4) is 5.75 Å². The van der Waals surface area contributed by atoms with E-state index in [-0.39, 0.29) is 40.1 Å². The van der Waals surface area contributed by atoms with Gasteiger partial charge in [0.25, 0.3) is 5.56 Å². The number of fused-ring (bicyclic) bond motifs is 1. The van der Waals surface area contributed by atoms with Gasteiger partial charge >= 0.3 is 5.97 Å². The molecule has 0 fully saturated rings. The summed E-state index contributed by atoms with van der Waals surface area (Å²) in [5, 5.41) is 0.382. The van der Waals surface area contributed by atoms with Crippen molar-refractivity contribution >= 4 is 33.2 Å². The van der Waals surface area contributed by atoms with Gasteiger partial charge in [-0.3, -0.25) is 9.20 Å². The Kier molecular flexibility index (Phi) is 6.63. The molecule has 3 rings (SSSR count). The van der Waals surface area contributed by atoms with E-state index in [1.165, 1.54) is 42.0 Å². The summed E-state index contributed by atoms with van der Waals surface area (Å²) in [6, 6.07) is 7.97. The van der Waals surface area contributed by atoms with Gasteiger partial charge in [-0.2, -0.15) is 0 Å². The number of benzene rings is 1. The first-order valence-corrected chi connectivity index (χ1v) is 11.0. The Morgan fingerprint density at radius 3 is 2.65 bits per heavy atom. The molecule has 1 aromatic carbocycles. The molecule has 0 aliphatic carbocycles. The van der Waals surface area contributed by atoms with E-state index in [4.69, 9.17) is 21.1 Å². The van der Waals surface area contributed by atoms with E-state index in [0.29, 0.717) is 10.7 Å². The average molecular weight is 466 g/mol. The fraction of sp³-hybridized carbons (Fsp3) is 0.250. The molecule has 31 heavy (non-hydrogen) atoms. The van der Waals surface area contributed by atoms with Crippen LogP contribution in [0.5, 0.6) is 5.75 Å². The molecule has 0 aliphatic heterocycles. The second-order valence-electron chi connectivity index (χ2n) is 6.88. The molecule has 9 nitrogen and oxygen atoms in total. The predicted molar refractivity (Wildman–Crippen MR) is 114 cm³/mol. The number of halogens is 1. The highest BCUT2D eigenvalue weighted by molar-refractivity contribution is 7.89. The van der Waals surface area contributed by atoms with E-state index >= 15 is 0 Å². The number of pyridine rings is 1. The maximum atomic E-state index is 12.6. The summed E-state index contributed by atoms with van der Waals surface area (Å²) in [5.74, 6) is -0.686. The van der Waals surface area contributed by atoms with E-state index in [1.54, 1.807) is 26.0 Å². The monoisotopic (exact) mass is 465 g/mol. The van der Waals surface area contributed by atoms with Gasteiger partial charge in [0.2, 0.25) is 10.0 Å². The maximum absolute atomic E-state index is 12.6. The number of nitrogens with one attached hydrogen (secondary N) is 1. The normalized spacial score (nSPS) is 11.6. The number of rotatable bonds is 7. The van der Waals surface area contributed by atoms with E-state index < -0.39 is 16.0 Å². The van der Waals surface area contributed by atoms with Crippen LogP contribution in [0.2, 0.25) is 5.02 Å². The molecule has 1 N–H and O–H groups in total. The third-order valence-electron chi connectivity index (χ3n) is 4.11. The summed E-state index contributed by atoms with van der Waals surface area (Å²) in [5.41, 5.74) is 0.217. The van der Waals surface area contributed by atoms with Gasteiger partial charge in [0.1, 0.15) is 22.9 Å². The molecule has 0 bridgehead atoms. The third kappa shape index (κ3) is 5.22. The summed E-state index contributed by atoms with van der Waals surface area (Å²) in [7, 11) is -2.58. The van der Waals surface area contributed by atoms with Gasteiger partial charge in [-0.1, -0.05) is 11.6 Å². The Labute approximate surface area is 183 Å². The van der Waals surface area contributed by atoms with E-state index in [9.17, 15) is 18.0 Å². The highest BCUT2D eigenvalue weighted by Gasteiger charge is 2.23. The van der Waals surface area contributed by atoms with Crippen molar-refractivity contribution in [3.63, 3.8) is 0 Å². The number of carbonyl (C=O) groups excluding carboxylic acids is 1. The molecule has 0 atom stereocenters. The second kappa shape index (κ2) is 9.04. The molecular formula is C20H20ClN3O6S. The molecule has 0 saturated carbocycles. The van der Waals surface area contributed by atoms with Crippen LogP contribution in [0.15, 0.2) is 52.3 Å². The molecule has 0 unspecified atom stereocenters. The number of nitrogens with zero attached hydrogens (tertiary/aromatic N) is 2. The molecule has 164 valence electrons. The summed E-state index contributed by atoms with van der Waals surface area (Å²) in [6.45, 7) is 3.08. The number of hydrogen-bond acceptors (Lipinski definition) is 7. The van der Waals surface area contributed by atoms with Crippen molar-refractivity contribution in [2.75, 3.05) is 7.11 Å². The van der Waals surface area contributed by atoms with Gasteiger partial charge in [-0.15, -0.1) is 0 Å². The number of sulfonamides is 1. The maximum Gasteiger partial charge on any atom is 0.338 e. The zero-order chi connectivity index (χ0) is 22.8. The predicted octanol–water partition coefficient (Wildman–Crippen LogP) is 2.40. The highest BCUT2D eigenvalue weighted by atomic mass is 35.5. The van der Waals surface area contributed by atoms with Crippen molar-refractivity contribution in [2.24, 2.45) is 0 Å². The van der Waals surface area contributed by atoms with Gasteiger partial charge in [0, 0.05) is 18.3 Å². The van der Waals surface area contributed by atoms with Gasteiger partial charge < -0.3 is 9.47 Å². The number of hydrogen-bond donors (Lipinski definition) is 1. The Bertz CT molecular complexity index is 1300. The molecule has 0 spiro atoms. The smallest absolute Gasteiger partial charge is 0.338 e. The Morgan fingerprint density at radius 1 is 1.23 bits per heavy atom. The first-order valence-electron chi connectivity index (χ1n) is 9.16. The van der Waals surface area contributed by atoms with Gasteiger partial charge in [0.05, 0.1) is 23.4 Å². The quantitative estimate of drug-likeness (QED) is 0.532. The molecular weight excluding hydrogens is 446 g/mol. The number of methoxy groups -OCH3 is 1. The van der Waals surface area contributed by atoms with Gasteiger partial charge in [-0.05, 0) is 44.2 Å². The van der Waals surface area contributed by atoms with Crippen molar-refractivity contribution in [1.82, 2.24) is 14.1 Å². The summed E-state index contributed by atoms with van der Waals surface area (Å²) in [6.07, 6.45) is 1.44. The van der Waals surface area contributed by atoms with Crippen LogP contribution in [0.1, 0.15) is 29.9 Å². The first-order chi connectivity index (χ1) is 14.6. The summed E-state index contributed by atoms with van der Waals surface area (Å²) in [4.78, 5) is 28.8. The lowest BCUT2D eigenvalue weighted by molar-refractivity contribution is 0.0467. The lowest BCUT2D eigenvalue weighted by Crippen LogP contribution is -2.30. The Morgan fingerprint density at radius 2 is 1.97 bits per heavy atom. The average Bonchev–Trinajstić information content (AvgIpc) is 2.71. The van der Waals surface area contributed by atoms with Crippen LogP contribution in [-0.4, -0.2) is 36.9 Å². The topological polar surface area (TPSA) is 116 Å². The third-order valence-corrected chi connectivity index (χ3v) is 6.01. The van der Waals surface area contributed by atoms with Crippen molar-refractivity contribution in [3.05, 3.63) is 69.2 Å². The number of ether oxygens (including phenoxy) is 2. The zero-order valence-corrected chi connectivity index (χ0v) is 18.5. The minimum absolute atomic E-state index is 0.00854. The number of esters is 1. The van der Waals surface area contributed by atoms with Crippen LogP contribution in [0, 0.1) is 0 Å². The van der Waals surface area contributed by atoms with E-state index in [1.807, 2.05) is 0 Å². The Balaban J connectivity index is 1.84. The first kappa shape index (κ1) is 22.7. The molecule has 0 aliphatic rings. The lowest BCUT2D eigenvalue weighted by atomic mass is 10.2. The minimum Gasteiger partial charge on any atom is -0.495 e. The van der Waals surface area contributed by atoms with E-state index in [2.05, 4.69) is 9.71 Å². The summed E-state index contributed by atoms with van der Waals surface area (Å²) >= 11 is 5.88. The molecule has 2 heterocycles. The number of carbonyl (C=O) groups is 1. The Hall–Kier alpha value is -2.95. The minimum atomic E-state index is -3.91. The zero-order valence-electron chi connectivity index (χ0n) is 17.0. The molecule has 0 saturated heterocycles. The van der Waals surface area contributed by atoms with Crippen molar-refractivity contribution < 1.29 is 22.7 Å². The largest absolute Gasteiger partial charge is 0.495 e. The fourth-order valence-corrected chi connectivity index (χ4v) is 4.42. The SMILES string of the molecule is COc1ccc(C(=O)OCc2cc(=O)n3cc(Cl)ccc3n2)cc1S(=O)(=O)NC(C)C. The van der Waals surface area contributed by atoms with E-state index in [0.717, 1.165) is 0 Å². The number of aromatic nitrogens is 2. The lowest BCUT2D eigenvalue weighted by Gasteiger charge is -2.14. The molecule has 0 amide bonds.